The molecule has 3 nitrogen and oxygen atoms in total. The maximum absolute atomic E-state index is 6.07. The summed E-state index contributed by atoms with van der Waals surface area (Å²) in [5.74, 6) is 0. The van der Waals surface area contributed by atoms with Crippen molar-refractivity contribution in [1.29, 1.82) is 0 Å². The number of pyridine rings is 2. The first kappa shape index (κ1) is 13.7. The van der Waals surface area contributed by atoms with Crippen LogP contribution < -0.4 is 5.73 Å². The quantitative estimate of drug-likeness (QED) is 0.919. The topological polar surface area (TPSA) is 51.8 Å². The third kappa shape index (κ3) is 3.42. The van der Waals surface area contributed by atoms with Crippen LogP contribution in [0.3, 0.4) is 0 Å². The van der Waals surface area contributed by atoms with Crippen LogP contribution in [0.2, 0.25) is 10.0 Å². The van der Waals surface area contributed by atoms with Gasteiger partial charge in [-0.3, -0.25) is 9.97 Å². The fourth-order valence-corrected chi connectivity index (χ4v) is 2.30. The third-order valence-electron chi connectivity index (χ3n) is 2.41. The van der Waals surface area contributed by atoms with Gasteiger partial charge >= 0.3 is 0 Å². The molecule has 0 spiro atoms. The van der Waals surface area contributed by atoms with E-state index in [-0.39, 0.29) is 6.04 Å². The summed E-state index contributed by atoms with van der Waals surface area (Å²) in [6.07, 6.45) is 3.85. The molecule has 6 heteroatoms. The molecular weight excluding hydrogens is 337 g/mol. The van der Waals surface area contributed by atoms with E-state index in [9.17, 15) is 0 Å². The zero-order chi connectivity index (χ0) is 13.1. The van der Waals surface area contributed by atoms with Crippen molar-refractivity contribution in [2.45, 2.75) is 12.5 Å². The van der Waals surface area contributed by atoms with Gasteiger partial charge in [-0.2, -0.15) is 0 Å². The number of halogens is 3. The van der Waals surface area contributed by atoms with E-state index in [0.29, 0.717) is 22.2 Å². The summed E-state index contributed by atoms with van der Waals surface area (Å²) < 4.78 is 0.933. The van der Waals surface area contributed by atoms with E-state index in [2.05, 4.69) is 25.9 Å². The minimum absolute atomic E-state index is 0.302. The maximum atomic E-state index is 6.07. The van der Waals surface area contributed by atoms with Gasteiger partial charge in [0.15, 0.2) is 0 Å². The normalized spacial score (nSPS) is 12.4. The van der Waals surface area contributed by atoms with Crippen molar-refractivity contribution in [2.24, 2.45) is 5.73 Å². The molecule has 0 aliphatic heterocycles. The Morgan fingerprint density at radius 1 is 1.22 bits per heavy atom. The van der Waals surface area contributed by atoms with E-state index < -0.39 is 0 Å². The molecule has 0 bridgehead atoms. The number of aromatic nitrogens is 2. The lowest BCUT2D eigenvalue weighted by atomic mass is 10.1. The minimum Gasteiger partial charge on any atom is -0.322 e. The summed E-state index contributed by atoms with van der Waals surface area (Å²) in [5.41, 5.74) is 7.59. The van der Waals surface area contributed by atoms with Crippen molar-refractivity contribution in [3.05, 3.63) is 56.5 Å². The molecule has 18 heavy (non-hydrogen) atoms. The van der Waals surface area contributed by atoms with E-state index in [0.717, 1.165) is 10.2 Å². The molecule has 0 amide bonds. The first-order valence-corrected chi connectivity index (χ1v) is 6.78. The predicted octanol–water partition coefficient (Wildman–Crippen LogP) is 3.79. The zero-order valence-electron chi connectivity index (χ0n) is 9.28. The van der Waals surface area contributed by atoms with Crippen LogP contribution in [0.5, 0.6) is 0 Å². The van der Waals surface area contributed by atoms with Gasteiger partial charge in [0.1, 0.15) is 0 Å². The molecule has 1 unspecified atom stereocenters. The number of nitrogens with two attached hydrogens (primary N) is 1. The van der Waals surface area contributed by atoms with Gasteiger partial charge < -0.3 is 5.73 Å². The van der Waals surface area contributed by atoms with Crippen molar-refractivity contribution in [3.8, 4) is 0 Å². The Labute approximate surface area is 123 Å². The summed E-state index contributed by atoms with van der Waals surface area (Å²) in [6, 6.07) is 5.17. The molecule has 2 heterocycles. The average molecular weight is 347 g/mol. The summed E-state index contributed by atoms with van der Waals surface area (Å²) in [7, 11) is 0. The van der Waals surface area contributed by atoms with Crippen molar-refractivity contribution >= 4 is 39.1 Å². The lowest BCUT2D eigenvalue weighted by Gasteiger charge is -2.12. The van der Waals surface area contributed by atoms with Gasteiger partial charge in [-0.25, -0.2) is 0 Å². The van der Waals surface area contributed by atoms with Gasteiger partial charge in [-0.05, 0) is 34.1 Å². The third-order valence-corrected chi connectivity index (χ3v) is 3.38. The van der Waals surface area contributed by atoms with Gasteiger partial charge in [0.05, 0.1) is 21.8 Å². The maximum Gasteiger partial charge on any atom is 0.0761 e. The second kappa shape index (κ2) is 5.97. The molecule has 2 aromatic rings. The van der Waals surface area contributed by atoms with E-state index in [4.69, 9.17) is 28.9 Å². The highest BCUT2D eigenvalue weighted by Crippen LogP contribution is 2.24. The van der Waals surface area contributed by atoms with Gasteiger partial charge in [-0.1, -0.05) is 23.2 Å². The Kier molecular flexibility index (Phi) is 4.56. The van der Waals surface area contributed by atoms with Crippen LogP contribution >= 0.6 is 39.1 Å². The van der Waals surface area contributed by atoms with Gasteiger partial charge in [-0.15, -0.1) is 0 Å². The van der Waals surface area contributed by atoms with Crippen LogP contribution in [-0.4, -0.2) is 9.97 Å². The van der Waals surface area contributed by atoms with Crippen LogP contribution in [-0.2, 0) is 6.42 Å². The largest absolute Gasteiger partial charge is 0.322 e. The average Bonchev–Trinajstić information content (AvgIpc) is 2.32. The highest BCUT2D eigenvalue weighted by Gasteiger charge is 2.13. The standard InChI is InChI=1S/C12H10BrCl2N3/c13-7-1-2-9(17-5-7)4-11(16)12-10(15)3-8(14)6-18-12/h1-3,5-6,11H,4,16H2. The van der Waals surface area contributed by atoms with E-state index in [1.807, 2.05) is 12.1 Å². The molecule has 0 aliphatic carbocycles. The Hall–Kier alpha value is -0.680. The van der Waals surface area contributed by atoms with Crippen LogP contribution in [0.25, 0.3) is 0 Å². The van der Waals surface area contributed by atoms with E-state index in [1.54, 1.807) is 12.3 Å². The highest BCUT2D eigenvalue weighted by atomic mass is 79.9. The monoisotopic (exact) mass is 345 g/mol. The van der Waals surface area contributed by atoms with Crippen LogP contribution in [0.4, 0.5) is 0 Å². The highest BCUT2D eigenvalue weighted by molar-refractivity contribution is 9.10. The van der Waals surface area contributed by atoms with Crippen molar-refractivity contribution in [1.82, 2.24) is 9.97 Å². The Morgan fingerprint density at radius 3 is 2.61 bits per heavy atom. The second-order valence-electron chi connectivity index (χ2n) is 3.80. The molecule has 2 rings (SSSR count). The lowest BCUT2D eigenvalue weighted by Crippen LogP contribution is -2.16. The Morgan fingerprint density at radius 2 is 2.00 bits per heavy atom. The molecule has 94 valence electrons. The smallest absolute Gasteiger partial charge is 0.0761 e. The zero-order valence-corrected chi connectivity index (χ0v) is 12.4. The van der Waals surface area contributed by atoms with Crippen molar-refractivity contribution in [2.75, 3.05) is 0 Å². The summed E-state index contributed by atoms with van der Waals surface area (Å²) >= 11 is 15.2. The SMILES string of the molecule is NC(Cc1ccc(Br)cn1)c1ncc(Cl)cc1Cl. The first-order valence-electron chi connectivity index (χ1n) is 5.23. The van der Waals surface area contributed by atoms with Crippen LogP contribution in [0.1, 0.15) is 17.4 Å². The van der Waals surface area contributed by atoms with Gasteiger partial charge in [0.25, 0.3) is 0 Å². The summed E-state index contributed by atoms with van der Waals surface area (Å²) in [4.78, 5) is 8.43. The number of nitrogens with zero attached hydrogens (tertiary/aromatic N) is 2. The fourth-order valence-electron chi connectivity index (χ4n) is 1.55. The molecule has 0 radical (unpaired) electrons. The Bertz CT molecular complexity index is 546. The minimum atomic E-state index is -0.302. The Balaban J connectivity index is 2.16. The molecule has 0 saturated carbocycles. The summed E-state index contributed by atoms with van der Waals surface area (Å²) in [6.45, 7) is 0. The van der Waals surface area contributed by atoms with Crippen molar-refractivity contribution < 1.29 is 0 Å². The molecule has 0 aliphatic rings. The number of hydrogen-bond donors (Lipinski definition) is 1. The second-order valence-corrected chi connectivity index (χ2v) is 5.56. The molecule has 0 fully saturated rings. The van der Waals surface area contributed by atoms with E-state index >= 15 is 0 Å². The lowest BCUT2D eigenvalue weighted by molar-refractivity contribution is 0.683. The molecule has 0 saturated heterocycles. The molecule has 2 N–H and O–H groups in total. The van der Waals surface area contributed by atoms with E-state index in [1.165, 1.54) is 6.20 Å². The van der Waals surface area contributed by atoms with Crippen molar-refractivity contribution in [3.63, 3.8) is 0 Å². The molecule has 1 atom stereocenters. The summed E-state index contributed by atoms with van der Waals surface area (Å²) in [5, 5.41) is 0.977. The van der Waals surface area contributed by atoms with Crippen LogP contribution in [0.15, 0.2) is 35.1 Å². The fraction of sp³-hybridized carbons (Fsp3) is 0.167. The first-order chi connectivity index (χ1) is 8.56. The van der Waals surface area contributed by atoms with Gasteiger partial charge in [0.2, 0.25) is 0 Å². The number of hydrogen-bond acceptors (Lipinski definition) is 3. The van der Waals surface area contributed by atoms with Gasteiger partial charge in [0, 0.05) is 29.0 Å². The predicted molar refractivity (Wildman–Crippen MR) is 76.8 cm³/mol. The molecule has 2 aromatic heterocycles. The number of rotatable bonds is 3. The van der Waals surface area contributed by atoms with Crippen LogP contribution in [0, 0.1) is 0 Å². The molecular formula is C12H10BrCl2N3. The molecule has 0 aromatic carbocycles.